The Balaban J connectivity index is 1.74. The molecule has 1 saturated carbocycles. The van der Waals surface area contributed by atoms with Crippen LogP contribution in [0, 0.1) is 11.3 Å². The van der Waals surface area contributed by atoms with Crippen LogP contribution >= 0.6 is 11.8 Å². The number of aromatic nitrogens is 1. The van der Waals surface area contributed by atoms with Gasteiger partial charge in [-0.15, -0.1) is 11.8 Å². The van der Waals surface area contributed by atoms with Crippen LogP contribution in [0.15, 0.2) is 29.4 Å². The van der Waals surface area contributed by atoms with E-state index in [2.05, 4.69) is 23.3 Å². The van der Waals surface area contributed by atoms with Crippen LogP contribution in [0.1, 0.15) is 39.0 Å². The van der Waals surface area contributed by atoms with Gasteiger partial charge in [-0.25, -0.2) is 4.98 Å². The summed E-state index contributed by atoms with van der Waals surface area (Å²) in [6.45, 7) is 2.10. The third-order valence-corrected chi connectivity index (χ3v) is 4.54. The summed E-state index contributed by atoms with van der Waals surface area (Å²) in [6.07, 6.45) is 7.13. The molecule has 102 valence electrons. The highest BCUT2D eigenvalue weighted by molar-refractivity contribution is 7.99. The van der Waals surface area contributed by atoms with Gasteiger partial charge in [0.1, 0.15) is 5.54 Å². The van der Waals surface area contributed by atoms with E-state index in [1.165, 1.54) is 12.8 Å². The molecular weight excluding hydrogens is 254 g/mol. The van der Waals surface area contributed by atoms with Crippen LogP contribution in [0.3, 0.4) is 0 Å². The van der Waals surface area contributed by atoms with E-state index < -0.39 is 0 Å². The fourth-order valence-corrected chi connectivity index (χ4v) is 2.93. The molecule has 1 aromatic rings. The Kier molecular flexibility index (Phi) is 5.24. The van der Waals surface area contributed by atoms with Gasteiger partial charge in [0, 0.05) is 12.2 Å². The highest BCUT2D eigenvalue weighted by atomic mass is 32.2. The SMILES string of the molecule is CCC(C#N)(CCCSc1ccccn1)NC1CC1. The average molecular weight is 275 g/mol. The molecule has 1 fully saturated rings. The number of nitriles is 1. The molecule has 4 heteroatoms. The van der Waals surface area contributed by atoms with Gasteiger partial charge < -0.3 is 0 Å². The number of pyridine rings is 1. The molecule has 1 aliphatic rings. The van der Waals surface area contributed by atoms with Crippen LogP contribution in [0.5, 0.6) is 0 Å². The Morgan fingerprint density at radius 3 is 2.95 bits per heavy atom. The van der Waals surface area contributed by atoms with E-state index in [0.717, 1.165) is 30.0 Å². The Morgan fingerprint density at radius 1 is 1.53 bits per heavy atom. The zero-order valence-corrected chi connectivity index (χ0v) is 12.2. The summed E-state index contributed by atoms with van der Waals surface area (Å²) in [7, 11) is 0. The summed E-state index contributed by atoms with van der Waals surface area (Å²) in [5.41, 5.74) is -0.314. The van der Waals surface area contributed by atoms with Gasteiger partial charge in [-0.05, 0) is 50.0 Å². The second-order valence-electron chi connectivity index (χ2n) is 5.09. The van der Waals surface area contributed by atoms with E-state index in [9.17, 15) is 5.26 Å². The Morgan fingerprint density at radius 2 is 2.37 bits per heavy atom. The summed E-state index contributed by atoms with van der Waals surface area (Å²) < 4.78 is 0. The molecule has 1 aromatic heterocycles. The number of rotatable bonds is 8. The lowest BCUT2D eigenvalue weighted by molar-refractivity contribution is 0.367. The van der Waals surface area contributed by atoms with E-state index in [-0.39, 0.29) is 5.54 Å². The summed E-state index contributed by atoms with van der Waals surface area (Å²) in [5.74, 6) is 1.02. The molecule has 3 nitrogen and oxygen atoms in total. The molecule has 1 N–H and O–H groups in total. The Bertz CT molecular complexity index is 425. The van der Waals surface area contributed by atoms with Gasteiger partial charge in [0.15, 0.2) is 0 Å². The molecule has 1 atom stereocenters. The van der Waals surface area contributed by atoms with Gasteiger partial charge in [0.05, 0.1) is 11.1 Å². The van der Waals surface area contributed by atoms with Gasteiger partial charge in [-0.1, -0.05) is 13.0 Å². The lowest BCUT2D eigenvalue weighted by atomic mass is 9.92. The Labute approximate surface area is 119 Å². The predicted octanol–water partition coefficient (Wildman–Crippen LogP) is 3.38. The van der Waals surface area contributed by atoms with Gasteiger partial charge in [-0.3, -0.25) is 5.32 Å². The first-order valence-corrected chi connectivity index (χ1v) is 7.99. The molecule has 0 amide bonds. The fourth-order valence-electron chi connectivity index (χ4n) is 2.12. The van der Waals surface area contributed by atoms with E-state index in [4.69, 9.17) is 0 Å². The molecule has 1 aliphatic carbocycles. The van der Waals surface area contributed by atoms with E-state index in [1.807, 2.05) is 24.4 Å². The highest BCUT2D eigenvalue weighted by Crippen LogP contribution is 2.27. The quantitative estimate of drug-likeness (QED) is 0.583. The van der Waals surface area contributed by atoms with Crippen LogP contribution < -0.4 is 5.32 Å². The smallest absolute Gasteiger partial charge is 0.106 e. The predicted molar refractivity (Wildman–Crippen MR) is 79.0 cm³/mol. The molecule has 0 spiro atoms. The van der Waals surface area contributed by atoms with Crippen LogP contribution in [0.25, 0.3) is 0 Å². The first-order valence-electron chi connectivity index (χ1n) is 7.01. The number of hydrogen-bond acceptors (Lipinski definition) is 4. The third-order valence-electron chi connectivity index (χ3n) is 3.51. The second kappa shape index (κ2) is 6.93. The summed E-state index contributed by atoms with van der Waals surface area (Å²) in [4.78, 5) is 4.29. The van der Waals surface area contributed by atoms with Crippen molar-refractivity contribution >= 4 is 11.8 Å². The van der Waals surface area contributed by atoms with Crippen molar-refractivity contribution < 1.29 is 0 Å². The molecule has 0 radical (unpaired) electrons. The lowest BCUT2D eigenvalue weighted by Gasteiger charge is -2.26. The van der Waals surface area contributed by atoms with Crippen molar-refractivity contribution in [2.45, 2.75) is 55.6 Å². The van der Waals surface area contributed by atoms with Crippen LogP contribution in [0.2, 0.25) is 0 Å². The van der Waals surface area contributed by atoms with Gasteiger partial charge in [0.25, 0.3) is 0 Å². The standard InChI is InChI=1S/C15H21N3S/c1-2-15(12-16,18-13-7-8-13)9-5-11-19-14-6-3-4-10-17-14/h3-4,6,10,13,18H,2,5,7-9,11H2,1H3. The third kappa shape index (κ3) is 4.52. The highest BCUT2D eigenvalue weighted by Gasteiger charge is 2.34. The summed E-state index contributed by atoms with van der Waals surface area (Å²) in [6, 6.07) is 9.06. The largest absolute Gasteiger partial charge is 0.297 e. The first kappa shape index (κ1) is 14.4. The molecule has 1 unspecified atom stereocenters. The molecule has 0 saturated heterocycles. The van der Waals surface area contributed by atoms with Crippen molar-refractivity contribution in [2.24, 2.45) is 0 Å². The fraction of sp³-hybridized carbons (Fsp3) is 0.600. The molecule has 0 aliphatic heterocycles. The van der Waals surface area contributed by atoms with Crippen molar-refractivity contribution in [1.29, 1.82) is 5.26 Å². The van der Waals surface area contributed by atoms with Gasteiger partial charge in [0.2, 0.25) is 0 Å². The lowest BCUT2D eigenvalue weighted by Crippen LogP contribution is -2.44. The normalized spacial score (nSPS) is 17.7. The maximum Gasteiger partial charge on any atom is 0.106 e. The van der Waals surface area contributed by atoms with Crippen molar-refractivity contribution in [1.82, 2.24) is 10.3 Å². The number of nitrogens with zero attached hydrogens (tertiary/aromatic N) is 2. The molecular formula is C15H21N3S. The van der Waals surface area contributed by atoms with Crippen molar-refractivity contribution in [2.75, 3.05) is 5.75 Å². The number of hydrogen-bond donors (Lipinski definition) is 1. The van der Waals surface area contributed by atoms with Crippen molar-refractivity contribution in [3.63, 3.8) is 0 Å². The van der Waals surface area contributed by atoms with E-state index >= 15 is 0 Å². The molecule has 0 aromatic carbocycles. The van der Waals surface area contributed by atoms with E-state index in [0.29, 0.717) is 6.04 Å². The molecule has 2 rings (SSSR count). The zero-order chi connectivity index (χ0) is 13.6. The summed E-state index contributed by atoms with van der Waals surface area (Å²) in [5, 5.41) is 14.0. The number of nitrogens with one attached hydrogen (secondary N) is 1. The topological polar surface area (TPSA) is 48.7 Å². The molecule has 0 bridgehead atoms. The van der Waals surface area contributed by atoms with Gasteiger partial charge >= 0.3 is 0 Å². The van der Waals surface area contributed by atoms with Crippen LogP contribution in [-0.4, -0.2) is 22.3 Å². The van der Waals surface area contributed by atoms with Crippen LogP contribution in [0.4, 0.5) is 0 Å². The maximum atomic E-state index is 9.44. The molecule has 1 heterocycles. The number of thioether (sulfide) groups is 1. The second-order valence-corrected chi connectivity index (χ2v) is 6.20. The monoisotopic (exact) mass is 275 g/mol. The van der Waals surface area contributed by atoms with Crippen molar-refractivity contribution in [3.05, 3.63) is 24.4 Å². The van der Waals surface area contributed by atoms with Crippen LogP contribution in [-0.2, 0) is 0 Å². The minimum atomic E-state index is -0.314. The summed E-state index contributed by atoms with van der Waals surface area (Å²) >= 11 is 1.77. The average Bonchev–Trinajstić information content (AvgIpc) is 3.27. The minimum absolute atomic E-state index is 0.314. The minimum Gasteiger partial charge on any atom is -0.297 e. The molecule has 19 heavy (non-hydrogen) atoms. The zero-order valence-electron chi connectivity index (χ0n) is 11.4. The van der Waals surface area contributed by atoms with Gasteiger partial charge in [-0.2, -0.15) is 5.26 Å². The first-order chi connectivity index (χ1) is 9.28. The van der Waals surface area contributed by atoms with E-state index in [1.54, 1.807) is 11.8 Å². The maximum absolute atomic E-state index is 9.44. The Hall–Kier alpha value is -1.05. The van der Waals surface area contributed by atoms with Crippen molar-refractivity contribution in [3.8, 4) is 6.07 Å².